The van der Waals surface area contributed by atoms with Gasteiger partial charge in [0.15, 0.2) is 11.5 Å². The van der Waals surface area contributed by atoms with E-state index in [2.05, 4.69) is 13.8 Å². The molecule has 0 unspecified atom stereocenters. The van der Waals surface area contributed by atoms with E-state index >= 15 is 0 Å². The van der Waals surface area contributed by atoms with Gasteiger partial charge in [-0.2, -0.15) is 0 Å². The lowest BCUT2D eigenvalue weighted by Crippen LogP contribution is -2.33. The standard InChI is InChI=1S/C19H22O4/c1-5-15(20)22-18-13-9-7-6-8-12(13)16-14(17(18)21-4)10-11-19(2,3)23-16/h6-9H,5,10-11H2,1-4H3. The van der Waals surface area contributed by atoms with E-state index in [9.17, 15) is 4.79 Å². The monoisotopic (exact) mass is 314 g/mol. The van der Waals surface area contributed by atoms with Crippen LogP contribution in [0, 0.1) is 0 Å². The van der Waals surface area contributed by atoms with Crippen LogP contribution < -0.4 is 14.2 Å². The lowest BCUT2D eigenvalue weighted by molar-refractivity contribution is -0.134. The zero-order valence-corrected chi connectivity index (χ0v) is 14.1. The minimum atomic E-state index is -0.273. The second-order valence-electron chi connectivity index (χ2n) is 6.41. The number of methoxy groups -OCH3 is 1. The zero-order valence-electron chi connectivity index (χ0n) is 14.1. The lowest BCUT2D eigenvalue weighted by Gasteiger charge is -2.34. The van der Waals surface area contributed by atoms with Crippen LogP contribution in [0.3, 0.4) is 0 Å². The molecule has 0 atom stereocenters. The summed E-state index contributed by atoms with van der Waals surface area (Å²) in [7, 11) is 1.60. The average molecular weight is 314 g/mol. The van der Waals surface area contributed by atoms with Gasteiger partial charge in [0.05, 0.1) is 7.11 Å². The smallest absolute Gasteiger partial charge is 0.311 e. The fourth-order valence-electron chi connectivity index (χ4n) is 3.00. The molecule has 0 N–H and O–H groups in total. The van der Waals surface area contributed by atoms with Gasteiger partial charge in [-0.15, -0.1) is 0 Å². The molecular weight excluding hydrogens is 292 g/mol. The summed E-state index contributed by atoms with van der Waals surface area (Å²) in [5, 5.41) is 1.79. The Morgan fingerprint density at radius 3 is 2.57 bits per heavy atom. The lowest BCUT2D eigenvalue weighted by atomic mass is 9.91. The second kappa shape index (κ2) is 5.76. The molecule has 0 aromatic heterocycles. The Bertz CT molecular complexity index is 762. The summed E-state index contributed by atoms with van der Waals surface area (Å²) < 4.78 is 17.4. The molecule has 0 saturated carbocycles. The first kappa shape index (κ1) is 15.7. The molecule has 4 heteroatoms. The average Bonchev–Trinajstić information content (AvgIpc) is 2.54. The van der Waals surface area contributed by atoms with Crippen molar-refractivity contribution in [3.8, 4) is 17.2 Å². The van der Waals surface area contributed by atoms with Crippen molar-refractivity contribution in [2.24, 2.45) is 0 Å². The molecule has 1 aliphatic heterocycles. The molecule has 1 heterocycles. The Balaban J connectivity index is 2.30. The number of esters is 1. The summed E-state index contributed by atoms with van der Waals surface area (Å²) in [5.41, 5.74) is 0.756. The largest absolute Gasteiger partial charge is 0.492 e. The number of fused-ring (bicyclic) bond motifs is 3. The van der Waals surface area contributed by atoms with E-state index in [1.807, 2.05) is 24.3 Å². The Morgan fingerprint density at radius 2 is 1.91 bits per heavy atom. The number of carbonyl (C=O) groups excluding carboxylic acids is 1. The highest BCUT2D eigenvalue weighted by atomic mass is 16.6. The molecule has 0 amide bonds. The summed E-state index contributed by atoms with van der Waals surface area (Å²) in [6.07, 6.45) is 2.03. The molecule has 122 valence electrons. The molecular formula is C19H22O4. The normalized spacial score (nSPS) is 15.7. The van der Waals surface area contributed by atoms with Crippen LogP contribution in [-0.2, 0) is 11.2 Å². The number of carbonyl (C=O) groups is 1. The fraction of sp³-hybridized carbons (Fsp3) is 0.421. The first-order chi connectivity index (χ1) is 11.0. The van der Waals surface area contributed by atoms with E-state index in [1.54, 1.807) is 14.0 Å². The summed E-state index contributed by atoms with van der Waals surface area (Å²) in [6.45, 7) is 5.95. The van der Waals surface area contributed by atoms with E-state index in [0.29, 0.717) is 17.9 Å². The maximum absolute atomic E-state index is 11.9. The van der Waals surface area contributed by atoms with Crippen molar-refractivity contribution in [1.29, 1.82) is 0 Å². The van der Waals surface area contributed by atoms with Crippen molar-refractivity contribution in [3.63, 3.8) is 0 Å². The van der Waals surface area contributed by atoms with Crippen molar-refractivity contribution in [1.82, 2.24) is 0 Å². The van der Waals surface area contributed by atoms with E-state index in [0.717, 1.165) is 34.9 Å². The molecule has 0 fully saturated rings. The van der Waals surface area contributed by atoms with Gasteiger partial charge < -0.3 is 14.2 Å². The maximum atomic E-state index is 11.9. The van der Waals surface area contributed by atoms with Crippen molar-refractivity contribution in [2.75, 3.05) is 7.11 Å². The Morgan fingerprint density at radius 1 is 1.22 bits per heavy atom. The highest BCUT2D eigenvalue weighted by Crippen LogP contribution is 2.49. The van der Waals surface area contributed by atoms with Crippen LogP contribution in [0.15, 0.2) is 24.3 Å². The van der Waals surface area contributed by atoms with Crippen LogP contribution in [-0.4, -0.2) is 18.7 Å². The third kappa shape index (κ3) is 2.74. The van der Waals surface area contributed by atoms with Crippen LogP contribution >= 0.6 is 0 Å². The predicted molar refractivity (Wildman–Crippen MR) is 89.5 cm³/mol. The number of hydrogen-bond acceptors (Lipinski definition) is 4. The first-order valence-electron chi connectivity index (χ1n) is 7.98. The molecule has 0 bridgehead atoms. The predicted octanol–water partition coefficient (Wildman–Crippen LogP) is 4.27. The van der Waals surface area contributed by atoms with Crippen LogP contribution in [0.5, 0.6) is 17.2 Å². The summed E-state index contributed by atoms with van der Waals surface area (Å²) in [5.74, 6) is 1.67. The Labute approximate surface area is 136 Å². The number of benzene rings is 2. The number of hydrogen-bond donors (Lipinski definition) is 0. The molecule has 0 spiro atoms. The van der Waals surface area contributed by atoms with Crippen LogP contribution in [0.1, 0.15) is 39.2 Å². The van der Waals surface area contributed by atoms with Gasteiger partial charge in [0.1, 0.15) is 11.4 Å². The molecule has 23 heavy (non-hydrogen) atoms. The van der Waals surface area contributed by atoms with Crippen molar-refractivity contribution < 1.29 is 19.0 Å². The molecule has 0 radical (unpaired) electrons. The first-order valence-corrected chi connectivity index (χ1v) is 7.98. The van der Waals surface area contributed by atoms with Gasteiger partial charge in [0.2, 0.25) is 0 Å². The molecule has 2 aromatic rings. The van der Waals surface area contributed by atoms with Crippen molar-refractivity contribution >= 4 is 16.7 Å². The molecule has 3 rings (SSSR count). The quantitative estimate of drug-likeness (QED) is 0.627. The fourth-order valence-corrected chi connectivity index (χ4v) is 3.00. The zero-order chi connectivity index (χ0) is 16.6. The van der Waals surface area contributed by atoms with Gasteiger partial charge in [-0.05, 0) is 26.7 Å². The molecule has 2 aromatic carbocycles. The number of rotatable bonds is 3. The van der Waals surface area contributed by atoms with Gasteiger partial charge in [-0.3, -0.25) is 4.79 Å². The van der Waals surface area contributed by atoms with E-state index in [1.165, 1.54) is 0 Å². The van der Waals surface area contributed by atoms with E-state index in [4.69, 9.17) is 14.2 Å². The van der Waals surface area contributed by atoms with E-state index < -0.39 is 0 Å². The van der Waals surface area contributed by atoms with Gasteiger partial charge in [0.25, 0.3) is 0 Å². The Hall–Kier alpha value is -2.23. The van der Waals surface area contributed by atoms with E-state index in [-0.39, 0.29) is 11.6 Å². The maximum Gasteiger partial charge on any atom is 0.311 e. The van der Waals surface area contributed by atoms with Gasteiger partial charge >= 0.3 is 5.97 Å². The molecule has 1 aliphatic rings. The van der Waals surface area contributed by atoms with Gasteiger partial charge in [-0.25, -0.2) is 0 Å². The minimum Gasteiger partial charge on any atom is -0.492 e. The van der Waals surface area contributed by atoms with Crippen LogP contribution in [0.2, 0.25) is 0 Å². The Kier molecular flexibility index (Phi) is 3.92. The van der Waals surface area contributed by atoms with Crippen LogP contribution in [0.4, 0.5) is 0 Å². The van der Waals surface area contributed by atoms with Crippen molar-refractivity contribution in [3.05, 3.63) is 29.8 Å². The van der Waals surface area contributed by atoms with Gasteiger partial charge in [0, 0.05) is 22.8 Å². The third-order valence-corrected chi connectivity index (χ3v) is 4.23. The molecule has 0 aliphatic carbocycles. The molecule has 4 nitrogen and oxygen atoms in total. The third-order valence-electron chi connectivity index (χ3n) is 4.23. The van der Waals surface area contributed by atoms with Crippen LogP contribution in [0.25, 0.3) is 10.8 Å². The topological polar surface area (TPSA) is 44.8 Å². The SMILES string of the molecule is CCC(=O)Oc1c(OC)c2c(c3ccccc13)OC(C)(C)CC2. The van der Waals surface area contributed by atoms with Gasteiger partial charge in [-0.1, -0.05) is 31.2 Å². The van der Waals surface area contributed by atoms with Crippen molar-refractivity contribution in [2.45, 2.75) is 45.6 Å². The minimum absolute atomic E-state index is 0.220. The summed E-state index contributed by atoms with van der Waals surface area (Å²) in [6, 6.07) is 7.82. The highest BCUT2D eigenvalue weighted by Gasteiger charge is 2.32. The highest BCUT2D eigenvalue weighted by molar-refractivity contribution is 5.99. The summed E-state index contributed by atoms with van der Waals surface area (Å²) >= 11 is 0. The summed E-state index contributed by atoms with van der Waals surface area (Å²) in [4.78, 5) is 11.9. The molecule has 0 saturated heterocycles. The second-order valence-corrected chi connectivity index (χ2v) is 6.41. The number of ether oxygens (including phenoxy) is 3.